The lowest BCUT2D eigenvalue weighted by Crippen LogP contribution is -2.27. The molecule has 0 radical (unpaired) electrons. The topological polar surface area (TPSA) is 38.1 Å². The van der Waals surface area contributed by atoms with Gasteiger partial charge in [-0.15, -0.1) is 5.10 Å². The fourth-order valence-electron chi connectivity index (χ4n) is 3.35. The number of hydrogen-bond donors (Lipinski definition) is 0. The van der Waals surface area contributed by atoms with Crippen molar-refractivity contribution < 1.29 is 4.79 Å². The number of carbonyl (C=O) groups excluding carboxylic acids is 1. The van der Waals surface area contributed by atoms with Gasteiger partial charge in [0.25, 0.3) is 5.91 Å². The van der Waals surface area contributed by atoms with E-state index in [9.17, 15) is 4.79 Å². The van der Waals surface area contributed by atoms with Crippen molar-refractivity contribution in [2.24, 2.45) is 0 Å². The lowest BCUT2D eigenvalue weighted by atomic mass is 10.1. The molecule has 7 heteroatoms. The fraction of sp³-hybridized carbons (Fsp3) is 0.160. The second-order valence-electron chi connectivity index (χ2n) is 7.45. The van der Waals surface area contributed by atoms with E-state index in [0.717, 1.165) is 32.6 Å². The average Bonchev–Trinajstić information content (AvgIpc) is 3.20. The molecule has 162 valence electrons. The minimum Gasteiger partial charge on any atom is -0.311 e. The van der Waals surface area contributed by atoms with Crippen LogP contribution in [0.15, 0.2) is 77.1 Å². The predicted molar refractivity (Wildman–Crippen MR) is 137 cm³/mol. The molecule has 0 saturated carbocycles. The maximum Gasteiger partial charge on any atom is 0.258 e. The third-order valence-corrected chi connectivity index (χ3v) is 7.77. The number of anilines is 1. The Morgan fingerprint density at radius 1 is 1.03 bits per heavy atom. The molecule has 1 heterocycles. The predicted octanol–water partition coefficient (Wildman–Crippen LogP) is 6.85. The van der Waals surface area contributed by atoms with Gasteiger partial charge >= 0.3 is 0 Å². The van der Waals surface area contributed by atoms with Crippen LogP contribution in [0.4, 0.5) is 5.69 Å². The number of aryl methyl sites for hydroxylation is 1. The molecule has 0 bridgehead atoms. The van der Waals surface area contributed by atoms with Gasteiger partial charge in [0, 0.05) is 24.1 Å². The van der Waals surface area contributed by atoms with Crippen molar-refractivity contribution in [3.63, 3.8) is 0 Å². The van der Waals surface area contributed by atoms with Gasteiger partial charge in [0.15, 0.2) is 8.29 Å². The quantitative estimate of drug-likeness (QED) is 0.225. The van der Waals surface area contributed by atoms with Crippen molar-refractivity contribution in [3.8, 4) is 5.69 Å². The van der Waals surface area contributed by atoms with Gasteiger partial charge in [-0.25, -0.2) is 4.68 Å². The molecular weight excluding hydrogens is 454 g/mol. The molecule has 0 fully saturated rings. The van der Waals surface area contributed by atoms with E-state index in [1.54, 1.807) is 21.3 Å². The van der Waals surface area contributed by atoms with E-state index in [1.165, 1.54) is 16.9 Å². The molecule has 4 rings (SSSR count). The Bertz CT molecular complexity index is 1290. The zero-order valence-electron chi connectivity index (χ0n) is 18.1. The van der Waals surface area contributed by atoms with Gasteiger partial charge in [-0.05, 0) is 73.1 Å². The van der Waals surface area contributed by atoms with E-state index < -0.39 is 0 Å². The molecule has 0 saturated heterocycles. The summed E-state index contributed by atoms with van der Waals surface area (Å²) in [4.78, 5) is 14.7. The molecule has 4 nitrogen and oxygen atoms in total. The first kappa shape index (κ1) is 22.5. The third-order valence-electron chi connectivity index (χ3n) is 5.34. The van der Waals surface area contributed by atoms with Gasteiger partial charge in [0.2, 0.25) is 0 Å². The van der Waals surface area contributed by atoms with Crippen LogP contribution in [0.2, 0.25) is 0 Å². The van der Waals surface area contributed by atoms with Crippen molar-refractivity contribution in [3.05, 3.63) is 99.0 Å². The first-order valence-corrected chi connectivity index (χ1v) is 12.4. The molecule has 32 heavy (non-hydrogen) atoms. The van der Waals surface area contributed by atoms with Crippen LogP contribution in [0, 0.1) is 17.8 Å². The number of benzene rings is 3. The van der Waals surface area contributed by atoms with Crippen molar-refractivity contribution in [1.29, 1.82) is 0 Å². The van der Waals surface area contributed by atoms with E-state index in [1.807, 2.05) is 68.6 Å². The highest BCUT2D eigenvalue weighted by atomic mass is 32.2. The summed E-state index contributed by atoms with van der Waals surface area (Å²) in [5.74, 6) is 0.799. The largest absolute Gasteiger partial charge is 0.311 e. The minimum absolute atomic E-state index is 0.0498. The van der Waals surface area contributed by atoms with E-state index >= 15 is 0 Å². The molecule has 3 aromatic carbocycles. The van der Waals surface area contributed by atoms with E-state index in [2.05, 4.69) is 30.2 Å². The van der Waals surface area contributed by atoms with Gasteiger partial charge in [-0.3, -0.25) is 4.79 Å². The van der Waals surface area contributed by atoms with Gasteiger partial charge in [-0.1, -0.05) is 65.6 Å². The number of amides is 1. The standard InChI is InChI=1S/C25H23N3OS3/c1-17-8-7-11-22(18(17)2)27(3)23(29)20-12-14-21(15-13-20)28-25(30)32-24(26-28)31-16-19-9-5-4-6-10-19/h4-15H,16H2,1-3H3. The Balaban J connectivity index is 1.50. The first-order chi connectivity index (χ1) is 15.4. The van der Waals surface area contributed by atoms with Crippen LogP contribution < -0.4 is 4.90 Å². The van der Waals surface area contributed by atoms with Crippen molar-refractivity contribution in [2.75, 3.05) is 11.9 Å². The fourth-order valence-corrected chi connectivity index (χ4v) is 5.67. The normalized spacial score (nSPS) is 10.8. The highest BCUT2D eigenvalue weighted by molar-refractivity contribution is 8.00. The first-order valence-electron chi connectivity index (χ1n) is 10.2. The summed E-state index contributed by atoms with van der Waals surface area (Å²) >= 11 is 8.71. The lowest BCUT2D eigenvalue weighted by molar-refractivity contribution is 0.0993. The van der Waals surface area contributed by atoms with Crippen LogP contribution in [0.3, 0.4) is 0 Å². The number of hydrogen-bond acceptors (Lipinski definition) is 5. The maximum atomic E-state index is 13.0. The van der Waals surface area contributed by atoms with E-state index in [4.69, 9.17) is 12.2 Å². The van der Waals surface area contributed by atoms with Crippen LogP contribution in [0.5, 0.6) is 0 Å². The molecule has 1 amide bonds. The molecular formula is C25H23N3OS3. The summed E-state index contributed by atoms with van der Waals surface area (Å²) in [7, 11) is 1.81. The van der Waals surface area contributed by atoms with Crippen molar-refractivity contribution >= 4 is 46.9 Å². The van der Waals surface area contributed by atoms with Crippen molar-refractivity contribution in [1.82, 2.24) is 9.78 Å². The molecule has 0 spiro atoms. The summed E-state index contributed by atoms with van der Waals surface area (Å²) in [6.07, 6.45) is 0. The molecule has 1 aromatic heterocycles. The number of rotatable bonds is 6. The third kappa shape index (κ3) is 4.85. The van der Waals surface area contributed by atoms with E-state index in [0.29, 0.717) is 9.52 Å². The summed E-state index contributed by atoms with van der Waals surface area (Å²) in [5.41, 5.74) is 5.91. The Hall–Kier alpha value is -2.74. The van der Waals surface area contributed by atoms with Crippen LogP contribution in [-0.4, -0.2) is 22.7 Å². The number of aromatic nitrogens is 2. The van der Waals surface area contributed by atoms with Crippen LogP contribution in [0.1, 0.15) is 27.0 Å². The smallest absolute Gasteiger partial charge is 0.258 e. The Labute approximate surface area is 201 Å². The van der Waals surface area contributed by atoms with Gasteiger partial charge in [0.05, 0.1) is 5.69 Å². The number of thioether (sulfide) groups is 1. The van der Waals surface area contributed by atoms with Gasteiger partial charge in [-0.2, -0.15) is 0 Å². The van der Waals surface area contributed by atoms with Crippen molar-refractivity contribution in [2.45, 2.75) is 23.9 Å². The highest BCUT2D eigenvalue weighted by Crippen LogP contribution is 2.28. The SMILES string of the molecule is Cc1cccc(N(C)C(=O)c2ccc(-n3nc(SCc4ccccc4)sc3=S)cc2)c1C. The summed E-state index contributed by atoms with van der Waals surface area (Å²) in [6.45, 7) is 4.09. The maximum absolute atomic E-state index is 13.0. The molecule has 0 unspecified atom stereocenters. The van der Waals surface area contributed by atoms with Gasteiger partial charge < -0.3 is 4.90 Å². The molecule has 0 aliphatic carbocycles. The summed E-state index contributed by atoms with van der Waals surface area (Å²) in [6, 6.07) is 23.7. The second-order valence-corrected chi connectivity index (χ2v) is 10.3. The highest BCUT2D eigenvalue weighted by Gasteiger charge is 2.16. The number of nitrogens with zero attached hydrogens (tertiary/aromatic N) is 3. The average molecular weight is 478 g/mol. The lowest BCUT2D eigenvalue weighted by Gasteiger charge is -2.20. The Morgan fingerprint density at radius 2 is 1.75 bits per heavy atom. The number of carbonyl (C=O) groups is 1. The zero-order valence-corrected chi connectivity index (χ0v) is 20.6. The summed E-state index contributed by atoms with van der Waals surface area (Å²) < 4.78 is 3.37. The Morgan fingerprint density at radius 3 is 2.47 bits per heavy atom. The second kappa shape index (κ2) is 9.81. The van der Waals surface area contributed by atoms with Crippen LogP contribution in [0.25, 0.3) is 5.69 Å². The zero-order chi connectivity index (χ0) is 22.7. The van der Waals surface area contributed by atoms with Crippen LogP contribution >= 0.6 is 35.3 Å². The molecule has 0 atom stereocenters. The van der Waals surface area contributed by atoms with Crippen LogP contribution in [-0.2, 0) is 5.75 Å². The molecule has 0 aliphatic heterocycles. The van der Waals surface area contributed by atoms with Gasteiger partial charge in [0.1, 0.15) is 0 Å². The summed E-state index contributed by atoms with van der Waals surface area (Å²) in [5, 5.41) is 4.67. The van der Waals surface area contributed by atoms with E-state index in [-0.39, 0.29) is 5.91 Å². The minimum atomic E-state index is -0.0498. The molecule has 0 N–H and O–H groups in total. The Kier molecular flexibility index (Phi) is 6.89. The monoisotopic (exact) mass is 477 g/mol. The molecule has 4 aromatic rings. The molecule has 0 aliphatic rings.